The van der Waals surface area contributed by atoms with Crippen LogP contribution in [0.2, 0.25) is 0 Å². The number of aryl methyl sites for hydroxylation is 1. The minimum absolute atomic E-state index is 0.0190. The highest BCUT2D eigenvalue weighted by Gasteiger charge is 2.26. The smallest absolute Gasteiger partial charge is 0.226 e. The van der Waals surface area contributed by atoms with E-state index in [2.05, 4.69) is 31.1 Å². The highest BCUT2D eigenvalue weighted by molar-refractivity contribution is 7.15. The standard InChI is InChI=1S/C15H23N3O2S/c1-10-8-18-11(9-21-14(18)16-10)7-13(20)17-12(5-6-19)15(2,3)4/h8-9,12,19H,5-7H2,1-4H3,(H,17,20). The summed E-state index contributed by atoms with van der Waals surface area (Å²) >= 11 is 1.54. The predicted molar refractivity (Wildman–Crippen MR) is 84.6 cm³/mol. The zero-order chi connectivity index (χ0) is 15.6. The number of thiazole rings is 1. The van der Waals surface area contributed by atoms with Crippen molar-refractivity contribution in [2.45, 2.75) is 46.6 Å². The summed E-state index contributed by atoms with van der Waals surface area (Å²) in [5.41, 5.74) is 1.83. The van der Waals surface area contributed by atoms with Crippen LogP contribution in [0.1, 0.15) is 38.6 Å². The van der Waals surface area contributed by atoms with Gasteiger partial charge in [-0.1, -0.05) is 20.8 Å². The molecule has 2 heterocycles. The average molecular weight is 309 g/mol. The van der Waals surface area contributed by atoms with Crippen molar-refractivity contribution in [3.05, 3.63) is 23.0 Å². The van der Waals surface area contributed by atoms with E-state index < -0.39 is 0 Å². The quantitative estimate of drug-likeness (QED) is 0.889. The van der Waals surface area contributed by atoms with Crippen LogP contribution in [-0.2, 0) is 11.2 Å². The monoisotopic (exact) mass is 309 g/mol. The number of aliphatic hydroxyl groups excluding tert-OH is 1. The van der Waals surface area contributed by atoms with Gasteiger partial charge < -0.3 is 10.4 Å². The van der Waals surface area contributed by atoms with Gasteiger partial charge in [0.1, 0.15) is 0 Å². The topological polar surface area (TPSA) is 66.6 Å². The molecule has 0 bridgehead atoms. The van der Waals surface area contributed by atoms with Crippen molar-refractivity contribution in [2.75, 3.05) is 6.61 Å². The van der Waals surface area contributed by atoms with Crippen LogP contribution in [0.5, 0.6) is 0 Å². The Morgan fingerprint density at radius 2 is 2.24 bits per heavy atom. The lowest BCUT2D eigenvalue weighted by atomic mass is 9.85. The Kier molecular flexibility index (Phi) is 4.68. The molecule has 1 atom stereocenters. The van der Waals surface area contributed by atoms with Crippen LogP contribution in [0.3, 0.4) is 0 Å². The summed E-state index contributed by atoms with van der Waals surface area (Å²) in [7, 11) is 0. The zero-order valence-electron chi connectivity index (χ0n) is 13.0. The van der Waals surface area contributed by atoms with Crippen molar-refractivity contribution >= 4 is 22.2 Å². The van der Waals surface area contributed by atoms with Crippen LogP contribution >= 0.6 is 11.3 Å². The number of hydrogen-bond donors (Lipinski definition) is 2. The van der Waals surface area contributed by atoms with E-state index in [4.69, 9.17) is 5.11 Å². The van der Waals surface area contributed by atoms with E-state index in [1.54, 1.807) is 11.3 Å². The average Bonchev–Trinajstić information content (AvgIpc) is 2.88. The number of carbonyl (C=O) groups excluding carboxylic acids is 1. The Bertz CT molecular complexity index is 624. The number of nitrogens with one attached hydrogen (secondary N) is 1. The summed E-state index contributed by atoms with van der Waals surface area (Å²) in [6.07, 6.45) is 2.84. The maximum absolute atomic E-state index is 12.3. The van der Waals surface area contributed by atoms with Gasteiger partial charge in [0.15, 0.2) is 4.96 Å². The molecule has 0 aliphatic heterocycles. The van der Waals surface area contributed by atoms with Crippen LogP contribution in [0, 0.1) is 12.3 Å². The minimum atomic E-state index is -0.0754. The second-order valence-electron chi connectivity index (χ2n) is 6.44. The van der Waals surface area contributed by atoms with Crippen LogP contribution in [0.25, 0.3) is 4.96 Å². The highest BCUT2D eigenvalue weighted by Crippen LogP contribution is 2.22. The second kappa shape index (κ2) is 6.15. The molecule has 2 aromatic rings. The molecule has 0 aliphatic carbocycles. The Morgan fingerprint density at radius 3 is 2.86 bits per heavy atom. The normalized spacial score (nSPS) is 13.6. The molecule has 0 radical (unpaired) electrons. The summed E-state index contributed by atoms with van der Waals surface area (Å²) in [4.78, 5) is 17.6. The molecule has 1 amide bonds. The van der Waals surface area contributed by atoms with Gasteiger partial charge in [-0.15, -0.1) is 11.3 Å². The summed E-state index contributed by atoms with van der Waals surface area (Å²) in [6, 6.07) is -0.0337. The van der Waals surface area contributed by atoms with Crippen molar-refractivity contribution in [1.29, 1.82) is 0 Å². The number of imidazole rings is 1. The van der Waals surface area contributed by atoms with Gasteiger partial charge in [-0.2, -0.15) is 0 Å². The summed E-state index contributed by atoms with van der Waals surface area (Å²) < 4.78 is 1.97. The number of rotatable bonds is 5. The fourth-order valence-corrected chi connectivity index (χ4v) is 3.25. The van der Waals surface area contributed by atoms with Gasteiger partial charge in [0.05, 0.1) is 12.1 Å². The van der Waals surface area contributed by atoms with E-state index in [1.165, 1.54) is 0 Å². The van der Waals surface area contributed by atoms with Crippen molar-refractivity contribution in [3.8, 4) is 0 Å². The highest BCUT2D eigenvalue weighted by atomic mass is 32.1. The number of amides is 1. The molecular weight excluding hydrogens is 286 g/mol. The van der Waals surface area contributed by atoms with Gasteiger partial charge in [-0.25, -0.2) is 4.98 Å². The summed E-state index contributed by atoms with van der Waals surface area (Å²) in [5.74, 6) is -0.0190. The van der Waals surface area contributed by atoms with Crippen LogP contribution in [0.4, 0.5) is 0 Å². The Labute approximate surface area is 129 Å². The maximum Gasteiger partial charge on any atom is 0.226 e. The van der Waals surface area contributed by atoms with E-state index in [0.717, 1.165) is 16.3 Å². The predicted octanol–water partition coefficient (Wildman–Crippen LogP) is 2.16. The van der Waals surface area contributed by atoms with E-state index in [-0.39, 0.29) is 24.0 Å². The van der Waals surface area contributed by atoms with Gasteiger partial charge in [-0.05, 0) is 18.8 Å². The fourth-order valence-electron chi connectivity index (χ4n) is 2.33. The van der Waals surface area contributed by atoms with E-state index in [9.17, 15) is 4.79 Å². The van der Waals surface area contributed by atoms with Crippen LogP contribution in [0.15, 0.2) is 11.6 Å². The molecule has 21 heavy (non-hydrogen) atoms. The fraction of sp³-hybridized carbons (Fsp3) is 0.600. The number of nitrogens with zero attached hydrogens (tertiary/aromatic N) is 2. The molecular formula is C15H23N3O2S. The molecule has 6 heteroatoms. The maximum atomic E-state index is 12.3. The third-order valence-electron chi connectivity index (χ3n) is 3.54. The van der Waals surface area contributed by atoms with Crippen molar-refractivity contribution < 1.29 is 9.90 Å². The SMILES string of the molecule is Cc1cn2c(CC(=O)NC(CCO)C(C)(C)C)csc2n1. The molecule has 0 spiro atoms. The first-order valence-corrected chi connectivity index (χ1v) is 8.01. The third kappa shape index (κ3) is 3.83. The first kappa shape index (κ1) is 16.0. The largest absolute Gasteiger partial charge is 0.396 e. The summed E-state index contributed by atoms with van der Waals surface area (Å²) in [5, 5.41) is 14.2. The number of aliphatic hydroxyl groups is 1. The van der Waals surface area contributed by atoms with Crippen LogP contribution in [-0.4, -0.2) is 33.0 Å². The number of hydrogen-bond acceptors (Lipinski definition) is 4. The molecule has 0 saturated heterocycles. The molecule has 2 aromatic heterocycles. The first-order chi connectivity index (χ1) is 9.81. The van der Waals surface area contributed by atoms with Gasteiger partial charge in [0.2, 0.25) is 5.91 Å². The second-order valence-corrected chi connectivity index (χ2v) is 7.27. The molecule has 5 nitrogen and oxygen atoms in total. The third-order valence-corrected chi connectivity index (χ3v) is 4.43. The Balaban J connectivity index is 2.06. The summed E-state index contributed by atoms with van der Waals surface area (Å²) in [6.45, 7) is 8.22. The van der Waals surface area contributed by atoms with E-state index in [0.29, 0.717) is 12.8 Å². The van der Waals surface area contributed by atoms with Gasteiger partial charge in [-0.3, -0.25) is 9.20 Å². The lowest BCUT2D eigenvalue weighted by molar-refractivity contribution is -0.122. The molecule has 1 unspecified atom stereocenters. The number of carbonyl (C=O) groups is 1. The molecule has 0 saturated carbocycles. The lowest BCUT2D eigenvalue weighted by Crippen LogP contribution is -2.44. The molecule has 2 N–H and O–H groups in total. The van der Waals surface area contributed by atoms with Crippen molar-refractivity contribution in [1.82, 2.24) is 14.7 Å². The minimum Gasteiger partial charge on any atom is -0.396 e. The van der Waals surface area contributed by atoms with Crippen molar-refractivity contribution in [3.63, 3.8) is 0 Å². The molecule has 0 fully saturated rings. The van der Waals surface area contributed by atoms with Gasteiger partial charge in [0.25, 0.3) is 0 Å². The van der Waals surface area contributed by atoms with E-state index >= 15 is 0 Å². The Hall–Kier alpha value is -1.40. The molecule has 116 valence electrons. The lowest BCUT2D eigenvalue weighted by Gasteiger charge is -2.31. The van der Waals surface area contributed by atoms with Gasteiger partial charge in [0, 0.05) is 29.9 Å². The number of aromatic nitrogens is 2. The zero-order valence-corrected chi connectivity index (χ0v) is 13.8. The van der Waals surface area contributed by atoms with Crippen molar-refractivity contribution in [2.24, 2.45) is 5.41 Å². The Morgan fingerprint density at radius 1 is 1.52 bits per heavy atom. The van der Waals surface area contributed by atoms with Gasteiger partial charge >= 0.3 is 0 Å². The molecule has 2 rings (SSSR count). The molecule has 0 aromatic carbocycles. The first-order valence-electron chi connectivity index (χ1n) is 7.13. The molecule has 0 aliphatic rings. The van der Waals surface area contributed by atoms with Crippen LogP contribution < -0.4 is 5.32 Å². The number of fused-ring (bicyclic) bond motifs is 1. The van der Waals surface area contributed by atoms with E-state index in [1.807, 2.05) is 22.9 Å².